The van der Waals surface area contributed by atoms with Crippen molar-refractivity contribution in [3.05, 3.63) is 35.1 Å². The topological polar surface area (TPSA) is 44.5 Å². The number of hydrogen-bond donors (Lipinski definition) is 1. The third kappa shape index (κ3) is 4.26. The van der Waals surface area contributed by atoms with Gasteiger partial charge >= 0.3 is 0 Å². The van der Waals surface area contributed by atoms with Crippen LogP contribution in [-0.4, -0.2) is 19.8 Å². The second-order valence-electron chi connectivity index (χ2n) is 3.38. The van der Waals surface area contributed by atoms with Gasteiger partial charge in [-0.2, -0.15) is 0 Å². The molecule has 0 spiro atoms. The fourth-order valence-electron chi connectivity index (χ4n) is 1.33. The van der Waals surface area contributed by atoms with Gasteiger partial charge < -0.3 is 15.2 Å². The van der Waals surface area contributed by atoms with Crippen LogP contribution in [0, 0.1) is 5.82 Å². The second kappa shape index (κ2) is 7.33. The molecule has 2 N–H and O–H groups in total. The van der Waals surface area contributed by atoms with E-state index < -0.39 is 0 Å². The molecular weight excluding hydrogens is 209 g/mol. The van der Waals surface area contributed by atoms with Gasteiger partial charge in [-0.1, -0.05) is 6.07 Å². The molecule has 0 radical (unpaired) electrons. The highest BCUT2D eigenvalue weighted by Gasteiger charge is 2.01. The van der Waals surface area contributed by atoms with Crippen molar-refractivity contribution in [3.8, 4) is 0 Å². The first-order chi connectivity index (χ1) is 7.77. The summed E-state index contributed by atoms with van der Waals surface area (Å²) in [4.78, 5) is 0. The molecule has 4 heteroatoms. The molecule has 90 valence electrons. The Morgan fingerprint density at radius 2 is 2.00 bits per heavy atom. The van der Waals surface area contributed by atoms with Gasteiger partial charge in [0, 0.05) is 18.7 Å². The van der Waals surface area contributed by atoms with E-state index in [1.807, 2.05) is 6.92 Å². The summed E-state index contributed by atoms with van der Waals surface area (Å²) in [6, 6.07) is 4.86. The highest BCUT2D eigenvalue weighted by molar-refractivity contribution is 5.24. The van der Waals surface area contributed by atoms with Crippen molar-refractivity contribution in [2.24, 2.45) is 5.73 Å². The molecule has 1 aromatic rings. The minimum atomic E-state index is -0.263. The van der Waals surface area contributed by atoms with Crippen molar-refractivity contribution in [1.82, 2.24) is 0 Å². The van der Waals surface area contributed by atoms with Gasteiger partial charge in [-0.05, 0) is 24.6 Å². The Labute approximate surface area is 95.4 Å². The first-order valence-corrected chi connectivity index (χ1v) is 5.40. The number of nitrogens with two attached hydrogens (primary N) is 1. The first kappa shape index (κ1) is 13.1. The molecule has 0 saturated carbocycles. The zero-order valence-corrected chi connectivity index (χ0v) is 9.54. The lowest BCUT2D eigenvalue weighted by Crippen LogP contribution is -2.05. The summed E-state index contributed by atoms with van der Waals surface area (Å²) in [7, 11) is 0. The van der Waals surface area contributed by atoms with E-state index in [4.69, 9.17) is 15.2 Å². The maximum atomic E-state index is 13.1. The smallest absolute Gasteiger partial charge is 0.127 e. The number of rotatable bonds is 7. The molecule has 1 rings (SSSR count). The lowest BCUT2D eigenvalue weighted by Gasteiger charge is -2.06. The molecule has 0 atom stereocenters. The Morgan fingerprint density at radius 3 is 2.69 bits per heavy atom. The summed E-state index contributed by atoms with van der Waals surface area (Å²) in [5, 5.41) is 0. The van der Waals surface area contributed by atoms with Crippen LogP contribution in [0.15, 0.2) is 18.2 Å². The van der Waals surface area contributed by atoms with E-state index >= 15 is 0 Å². The molecule has 0 saturated heterocycles. The monoisotopic (exact) mass is 227 g/mol. The normalized spacial score (nSPS) is 10.7. The van der Waals surface area contributed by atoms with E-state index in [-0.39, 0.29) is 12.4 Å². The minimum Gasteiger partial charge on any atom is -0.379 e. The van der Waals surface area contributed by atoms with E-state index in [2.05, 4.69) is 0 Å². The molecule has 0 aliphatic rings. The van der Waals surface area contributed by atoms with Crippen molar-refractivity contribution in [2.75, 3.05) is 19.8 Å². The van der Waals surface area contributed by atoms with E-state index in [0.29, 0.717) is 32.0 Å². The lowest BCUT2D eigenvalue weighted by molar-refractivity contribution is 0.0452. The zero-order valence-electron chi connectivity index (χ0n) is 9.54. The van der Waals surface area contributed by atoms with Gasteiger partial charge in [-0.15, -0.1) is 0 Å². The molecule has 1 aromatic carbocycles. The summed E-state index contributed by atoms with van der Waals surface area (Å²) in [6.45, 7) is 4.42. The van der Waals surface area contributed by atoms with Crippen molar-refractivity contribution in [2.45, 2.75) is 20.1 Å². The molecule has 0 aliphatic carbocycles. The van der Waals surface area contributed by atoms with Crippen LogP contribution in [0.3, 0.4) is 0 Å². The maximum Gasteiger partial charge on any atom is 0.127 e. The standard InChI is InChI=1S/C12H18FNO2/c1-2-15-5-6-16-9-10-3-4-12(13)11(7-10)8-14/h3-4,7H,2,5-6,8-9,14H2,1H3. The highest BCUT2D eigenvalue weighted by Crippen LogP contribution is 2.10. The summed E-state index contributed by atoms with van der Waals surface area (Å²) in [6.07, 6.45) is 0. The SMILES string of the molecule is CCOCCOCc1ccc(F)c(CN)c1. The van der Waals surface area contributed by atoms with Gasteiger partial charge in [0.1, 0.15) is 5.82 Å². The van der Waals surface area contributed by atoms with Crippen LogP contribution < -0.4 is 5.73 Å². The van der Waals surface area contributed by atoms with Gasteiger partial charge in [-0.25, -0.2) is 4.39 Å². The number of hydrogen-bond acceptors (Lipinski definition) is 3. The third-order valence-corrected chi connectivity index (χ3v) is 2.17. The predicted octanol–water partition coefficient (Wildman–Crippen LogP) is 1.84. The lowest BCUT2D eigenvalue weighted by atomic mass is 10.1. The molecule has 0 unspecified atom stereocenters. The summed E-state index contributed by atoms with van der Waals surface area (Å²) in [5.74, 6) is -0.263. The van der Waals surface area contributed by atoms with E-state index in [1.165, 1.54) is 6.07 Å². The van der Waals surface area contributed by atoms with Gasteiger partial charge in [0.25, 0.3) is 0 Å². The van der Waals surface area contributed by atoms with Gasteiger partial charge in [0.05, 0.1) is 19.8 Å². The van der Waals surface area contributed by atoms with Crippen LogP contribution in [0.25, 0.3) is 0 Å². The number of halogens is 1. The quantitative estimate of drug-likeness (QED) is 0.723. The molecule has 0 amide bonds. The average Bonchev–Trinajstić information content (AvgIpc) is 2.31. The van der Waals surface area contributed by atoms with Crippen LogP contribution in [0.2, 0.25) is 0 Å². The van der Waals surface area contributed by atoms with Crippen LogP contribution in [-0.2, 0) is 22.6 Å². The Morgan fingerprint density at radius 1 is 1.25 bits per heavy atom. The van der Waals surface area contributed by atoms with Crippen LogP contribution in [0.5, 0.6) is 0 Å². The molecule has 0 heterocycles. The van der Waals surface area contributed by atoms with E-state index in [0.717, 1.165) is 5.56 Å². The second-order valence-corrected chi connectivity index (χ2v) is 3.38. The number of benzene rings is 1. The zero-order chi connectivity index (χ0) is 11.8. The van der Waals surface area contributed by atoms with Crippen molar-refractivity contribution in [1.29, 1.82) is 0 Å². The van der Waals surface area contributed by atoms with Crippen molar-refractivity contribution < 1.29 is 13.9 Å². The van der Waals surface area contributed by atoms with Gasteiger partial charge in [-0.3, -0.25) is 0 Å². The summed E-state index contributed by atoms with van der Waals surface area (Å²) >= 11 is 0. The van der Waals surface area contributed by atoms with E-state index in [1.54, 1.807) is 12.1 Å². The molecule has 0 fully saturated rings. The summed E-state index contributed by atoms with van der Waals surface area (Å²) < 4.78 is 23.6. The minimum absolute atomic E-state index is 0.207. The van der Waals surface area contributed by atoms with Crippen molar-refractivity contribution >= 4 is 0 Å². The van der Waals surface area contributed by atoms with Crippen LogP contribution >= 0.6 is 0 Å². The van der Waals surface area contributed by atoms with E-state index in [9.17, 15) is 4.39 Å². The molecule has 0 aliphatic heterocycles. The average molecular weight is 227 g/mol. The first-order valence-electron chi connectivity index (χ1n) is 5.40. The van der Waals surface area contributed by atoms with Crippen LogP contribution in [0.1, 0.15) is 18.1 Å². The van der Waals surface area contributed by atoms with Gasteiger partial charge in [0.2, 0.25) is 0 Å². The summed E-state index contributed by atoms with van der Waals surface area (Å²) in [5.41, 5.74) is 6.86. The fourth-order valence-corrected chi connectivity index (χ4v) is 1.33. The third-order valence-electron chi connectivity index (χ3n) is 2.17. The predicted molar refractivity (Wildman–Crippen MR) is 60.4 cm³/mol. The molecule has 0 bridgehead atoms. The Balaban J connectivity index is 2.36. The molecule has 3 nitrogen and oxygen atoms in total. The Bertz CT molecular complexity index is 318. The fraction of sp³-hybridized carbons (Fsp3) is 0.500. The van der Waals surface area contributed by atoms with Gasteiger partial charge in [0.15, 0.2) is 0 Å². The Kier molecular flexibility index (Phi) is 6.00. The van der Waals surface area contributed by atoms with Crippen molar-refractivity contribution in [3.63, 3.8) is 0 Å². The maximum absolute atomic E-state index is 13.1. The Hall–Kier alpha value is -0.970. The van der Waals surface area contributed by atoms with Crippen LogP contribution in [0.4, 0.5) is 4.39 Å². The molecule has 16 heavy (non-hydrogen) atoms. The molecular formula is C12H18FNO2. The largest absolute Gasteiger partial charge is 0.379 e. The molecule has 0 aromatic heterocycles. The highest BCUT2D eigenvalue weighted by atomic mass is 19.1. The number of ether oxygens (including phenoxy) is 2.